The fraction of sp³-hybridized carbons (Fsp3) is 0.250. The summed E-state index contributed by atoms with van der Waals surface area (Å²) in [5, 5.41) is 21.2. The van der Waals surface area contributed by atoms with Crippen LogP contribution in [0.4, 0.5) is 11.4 Å². The molecule has 5 nitrogen and oxygen atoms in total. The maximum absolute atomic E-state index is 10.7. The Bertz CT molecular complexity index is 532. The van der Waals surface area contributed by atoms with E-state index in [0.29, 0.717) is 17.8 Å². The first-order valence-corrected chi connectivity index (χ1v) is 6.08. The van der Waals surface area contributed by atoms with E-state index >= 15 is 0 Å². The zero-order valence-electron chi connectivity index (χ0n) is 9.79. The van der Waals surface area contributed by atoms with Crippen molar-refractivity contribution in [2.24, 2.45) is 0 Å². The van der Waals surface area contributed by atoms with E-state index in [2.05, 4.69) is 33.1 Å². The molecular weight excluding hydrogens is 298 g/mol. The smallest absolute Gasteiger partial charge is 0.270 e. The second-order valence-corrected chi connectivity index (χ2v) is 4.15. The van der Waals surface area contributed by atoms with Gasteiger partial charge in [0.15, 0.2) is 0 Å². The topological polar surface area (TPSA) is 79.0 Å². The first kappa shape index (κ1) is 14.2. The molecule has 0 amide bonds. The first-order chi connectivity index (χ1) is 8.56. The Hall–Kier alpha value is -1.87. The lowest BCUT2D eigenvalue weighted by atomic mass is 10.1. The molecule has 1 aromatic rings. The van der Waals surface area contributed by atoms with Crippen molar-refractivity contribution in [1.82, 2.24) is 0 Å². The van der Waals surface area contributed by atoms with E-state index in [1.807, 2.05) is 6.92 Å². The molecule has 1 rings (SSSR count). The lowest BCUT2D eigenvalue weighted by Gasteiger charge is -2.07. The summed E-state index contributed by atoms with van der Waals surface area (Å²) < 4.78 is 0.0946. The number of benzene rings is 1. The maximum Gasteiger partial charge on any atom is 0.270 e. The van der Waals surface area contributed by atoms with Gasteiger partial charge in [-0.15, -0.1) is 5.92 Å². The van der Waals surface area contributed by atoms with Gasteiger partial charge in [-0.1, -0.05) is 12.8 Å². The number of non-ortho nitro benzene ring substituents is 1. The van der Waals surface area contributed by atoms with Crippen molar-refractivity contribution in [3.63, 3.8) is 0 Å². The lowest BCUT2D eigenvalue weighted by Crippen LogP contribution is -2.04. The Morgan fingerprint density at radius 2 is 2.28 bits per heavy atom. The van der Waals surface area contributed by atoms with E-state index in [9.17, 15) is 10.1 Å². The van der Waals surface area contributed by atoms with Gasteiger partial charge in [-0.2, -0.15) is 0 Å². The third-order valence-corrected chi connectivity index (χ3v) is 2.55. The molecular formula is C12H12BrN3O2. The highest BCUT2D eigenvalue weighted by molar-refractivity contribution is 9.18. The van der Waals surface area contributed by atoms with E-state index < -0.39 is 4.92 Å². The zero-order valence-corrected chi connectivity index (χ0v) is 11.4. The monoisotopic (exact) mass is 309 g/mol. The van der Waals surface area contributed by atoms with E-state index in [1.165, 1.54) is 12.1 Å². The minimum Gasteiger partial charge on any atom is -0.374 e. The number of anilines is 1. The predicted molar refractivity (Wildman–Crippen MR) is 75.4 cm³/mol. The molecule has 0 saturated heterocycles. The molecule has 0 aliphatic heterocycles. The SMILES string of the molecule is CCC#CCNc1ccc([N+](=O)[O-])cc1C(=N)Br. The van der Waals surface area contributed by atoms with Gasteiger partial charge < -0.3 is 5.32 Å². The molecule has 94 valence electrons. The molecule has 0 bridgehead atoms. The van der Waals surface area contributed by atoms with Gasteiger partial charge in [-0.25, -0.2) is 0 Å². The highest BCUT2D eigenvalue weighted by Gasteiger charge is 2.12. The van der Waals surface area contributed by atoms with Crippen LogP contribution < -0.4 is 5.32 Å². The van der Waals surface area contributed by atoms with Gasteiger partial charge in [-0.05, 0) is 22.0 Å². The van der Waals surface area contributed by atoms with E-state index in [0.717, 1.165) is 6.42 Å². The average Bonchev–Trinajstić information content (AvgIpc) is 2.34. The number of rotatable bonds is 4. The summed E-state index contributed by atoms with van der Waals surface area (Å²) in [7, 11) is 0. The van der Waals surface area contributed by atoms with Crippen molar-refractivity contribution in [2.75, 3.05) is 11.9 Å². The van der Waals surface area contributed by atoms with Crippen LogP contribution in [0.2, 0.25) is 0 Å². The fourth-order valence-corrected chi connectivity index (χ4v) is 1.64. The third-order valence-electron chi connectivity index (χ3n) is 2.12. The molecule has 0 fully saturated rings. The molecule has 0 atom stereocenters. The van der Waals surface area contributed by atoms with Gasteiger partial charge in [0, 0.05) is 29.8 Å². The summed E-state index contributed by atoms with van der Waals surface area (Å²) in [6.45, 7) is 2.40. The van der Waals surface area contributed by atoms with Gasteiger partial charge in [0.1, 0.15) is 4.62 Å². The van der Waals surface area contributed by atoms with E-state index in [-0.39, 0.29) is 10.3 Å². The van der Waals surface area contributed by atoms with Crippen LogP contribution in [0.3, 0.4) is 0 Å². The second-order valence-electron chi connectivity index (χ2n) is 3.36. The fourth-order valence-electron chi connectivity index (χ4n) is 1.31. The summed E-state index contributed by atoms with van der Waals surface area (Å²) in [5.74, 6) is 5.82. The number of nitro groups is 1. The molecule has 1 aromatic carbocycles. The lowest BCUT2D eigenvalue weighted by molar-refractivity contribution is -0.384. The molecule has 2 N–H and O–H groups in total. The molecule has 0 spiro atoms. The van der Waals surface area contributed by atoms with Crippen molar-refractivity contribution >= 4 is 31.9 Å². The van der Waals surface area contributed by atoms with Gasteiger partial charge in [0.05, 0.1) is 11.5 Å². The molecule has 18 heavy (non-hydrogen) atoms. The maximum atomic E-state index is 10.7. The summed E-state index contributed by atoms with van der Waals surface area (Å²) >= 11 is 3.02. The largest absolute Gasteiger partial charge is 0.374 e. The highest BCUT2D eigenvalue weighted by Crippen LogP contribution is 2.24. The van der Waals surface area contributed by atoms with Gasteiger partial charge >= 0.3 is 0 Å². The Morgan fingerprint density at radius 3 is 2.83 bits per heavy atom. The molecule has 0 radical (unpaired) electrons. The van der Waals surface area contributed by atoms with Crippen LogP contribution in [-0.2, 0) is 0 Å². The average molecular weight is 310 g/mol. The number of nitrogens with zero attached hydrogens (tertiary/aromatic N) is 1. The quantitative estimate of drug-likeness (QED) is 0.388. The molecule has 0 aliphatic carbocycles. The molecule has 0 aliphatic rings. The normalized spacial score (nSPS) is 9.22. The van der Waals surface area contributed by atoms with Crippen LogP contribution in [0.25, 0.3) is 0 Å². The number of nitrogens with one attached hydrogen (secondary N) is 2. The van der Waals surface area contributed by atoms with Crippen molar-refractivity contribution in [1.29, 1.82) is 5.41 Å². The minimum atomic E-state index is -0.486. The number of nitro benzene ring substituents is 1. The standard InChI is InChI=1S/C12H12BrN3O2/c1-2-3-4-7-15-11-6-5-9(16(17)18)8-10(11)12(13)14/h5-6,8,14-15H,2,7H2,1H3. The van der Waals surface area contributed by atoms with Gasteiger partial charge in [0.25, 0.3) is 5.69 Å². The highest BCUT2D eigenvalue weighted by atomic mass is 79.9. The van der Waals surface area contributed by atoms with Crippen molar-refractivity contribution in [3.8, 4) is 11.8 Å². The zero-order chi connectivity index (χ0) is 13.5. The number of hydrogen-bond donors (Lipinski definition) is 2. The Labute approximate surface area is 113 Å². The van der Waals surface area contributed by atoms with E-state index in [1.54, 1.807) is 6.07 Å². The molecule has 0 saturated carbocycles. The third kappa shape index (κ3) is 3.86. The summed E-state index contributed by atoms with van der Waals surface area (Å²) in [5.41, 5.74) is 1.05. The molecule has 6 heteroatoms. The van der Waals surface area contributed by atoms with Gasteiger partial charge in [-0.3, -0.25) is 15.5 Å². The Balaban J connectivity index is 2.97. The molecule has 0 aromatic heterocycles. The Morgan fingerprint density at radius 1 is 1.56 bits per heavy atom. The minimum absolute atomic E-state index is 0.0422. The summed E-state index contributed by atoms with van der Waals surface area (Å²) in [6.07, 6.45) is 0.781. The summed E-state index contributed by atoms with van der Waals surface area (Å²) in [4.78, 5) is 10.2. The predicted octanol–water partition coefficient (Wildman–Crippen LogP) is 3.14. The molecule has 0 unspecified atom stereocenters. The Kier molecular flexibility index (Phi) is 5.33. The van der Waals surface area contributed by atoms with Crippen LogP contribution in [0.1, 0.15) is 18.9 Å². The molecule has 0 heterocycles. The number of hydrogen-bond acceptors (Lipinski definition) is 4. The van der Waals surface area contributed by atoms with Crippen LogP contribution in [0.5, 0.6) is 0 Å². The second kappa shape index (κ2) is 6.77. The van der Waals surface area contributed by atoms with Crippen molar-refractivity contribution in [3.05, 3.63) is 33.9 Å². The van der Waals surface area contributed by atoms with Gasteiger partial charge in [0.2, 0.25) is 0 Å². The van der Waals surface area contributed by atoms with Crippen LogP contribution in [0, 0.1) is 27.4 Å². The van der Waals surface area contributed by atoms with Crippen LogP contribution in [0.15, 0.2) is 18.2 Å². The van der Waals surface area contributed by atoms with E-state index in [4.69, 9.17) is 5.41 Å². The number of halogens is 1. The summed E-state index contributed by atoms with van der Waals surface area (Å²) in [6, 6.07) is 4.33. The van der Waals surface area contributed by atoms with Crippen LogP contribution >= 0.6 is 15.9 Å². The van der Waals surface area contributed by atoms with Crippen LogP contribution in [-0.4, -0.2) is 16.1 Å². The van der Waals surface area contributed by atoms with Crippen molar-refractivity contribution in [2.45, 2.75) is 13.3 Å². The van der Waals surface area contributed by atoms with Crippen molar-refractivity contribution < 1.29 is 4.92 Å². The first-order valence-electron chi connectivity index (χ1n) is 5.28.